The maximum Gasteiger partial charge on any atom is 0.0506 e. The van der Waals surface area contributed by atoms with Gasteiger partial charge in [-0.3, -0.25) is 0 Å². The third kappa shape index (κ3) is 3.43. The summed E-state index contributed by atoms with van der Waals surface area (Å²) in [6, 6.07) is 8.45. The molecule has 1 nitrogen and oxygen atoms in total. The molecule has 0 spiro atoms. The number of ether oxygens (including phenoxy) is 1. The largest absolute Gasteiger partial charge is 0.381 e. The molecular formula is C12H15BrO. The molecule has 0 saturated heterocycles. The Balaban J connectivity index is 1.66. The Morgan fingerprint density at radius 3 is 2.57 bits per heavy atom. The van der Waals surface area contributed by atoms with E-state index in [1.54, 1.807) is 0 Å². The van der Waals surface area contributed by atoms with Crippen molar-refractivity contribution in [2.24, 2.45) is 5.92 Å². The summed E-state index contributed by atoms with van der Waals surface area (Å²) in [6.45, 7) is 1.83. The first-order chi connectivity index (χ1) is 6.84. The van der Waals surface area contributed by atoms with Gasteiger partial charge >= 0.3 is 0 Å². The minimum Gasteiger partial charge on any atom is -0.381 e. The molecule has 0 N–H and O–H groups in total. The maximum atomic E-state index is 5.58. The third-order valence-corrected chi connectivity index (χ3v) is 3.03. The molecule has 2 rings (SSSR count). The van der Waals surface area contributed by atoms with Crippen LogP contribution in [0, 0.1) is 5.92 Å². The van der Waals surface area contributed by atoms with E-state index in [0.717, 1.165) is 30.0 Å². The molecule has 0 radical (unpaired) electrons. The van der Waals surface area contributed by atoms with Crippen molar-refractivity contribution in [2.45, 2.75) is 19.3 Å². The monoisotopic (exact) mass is 254 g/mol. The van der Waals surface area contributed by atoms with Gasteiger partial charge in [-0.15, -0.1) is 0 Å². The predicted molar refractivity (Wildman–Crippen MR) is 61.4 cm³/mol. The van der Waals surface area contributed by atoms with Gasteiger partial charge in [0.2, 0.25) is 0 Å². The Morgan fingerprint density at radius 2 is 1.93 bits per heavy atom. The molecular weight excluding hydrogens is 240 g/mol. The Labute approximate surface area is 93.6 Å². The van der Waals surface area contributed by atoms with Crippen molar-refractivity contribution in [3.63, 3.8) is 0 Å². The van der Waals surface area contributed by atoms with Gasteiger partial charge in [-0.1, -0.05) is 28.1 Å². The smallest absolute Gasteiger partial charge is 0.0506 e. The van der Waals surface area contributed by atoms with E-state index in [4.69, 9.17) is 4.74 Å². The summed E-state index contributed by atoms with van der Waals surface area (Å²) in [5.74, 6) is 0.875. The first kappa shape index (κ1) is 10.2. The molecule has 0 aliphatic heterocycles. The zero-order valence-corrected chi connectivity index (χ0v) is 9.79. The summed E-state index contributed by atoms with van der Waals surface area (Å²) in [7, 11) is 0. The van der Waals surface area contributed by atoms with Gasteiger partial charge in [0.15, 0.2) is 0 Å². The molecule has 14 heavy (non-hydrogen) atoms. The molecule has 1 aromatic rings. The zero-order chi connectivity index (χ0) is 9.80. The van der Waals surface area contributed by atoms with Crippen LogP contribution in [-0.2, 0) is 11.2 Å². The topological polar surface area (TPSA) is 9.23 Å². The Hall–Kier alpha value is -0.340. The van der Waals surface area contributed by atoms with Crippen LogP contribution < -0.4 is 0 Å². The van der Waals surface area contributed by atoms with E-state index in [9.17, 15) is 0 Å². The van der Waals surface area contributed by atoms with Gasteiger partial charge in [-0.05, 0) is 42.9 Å². The van der Waals surface area contributed by atoms with Crippen LogP contribution in [0.3, 0.4) is 0 Å². The first-order valence-electron chi connectivity index (χ1n) is 5.17. The van der Waals surface area contributed by atoms with Crippen molar-refractivity contribution in [3.8, 4) is 0 Å². The first-order valence-corrected chi connectivity index (χ1v) is 5.96. The maximum absolute atomic E-state index is 5.58. The number of halogens is 1. The fourth-order valence-electron chi connectivity index (χ4n) is 1.38. The summed E-state index contributed by atoms with van der Waals surface area (Å²) in [4.78, 5) is 0. The SMILES string of the molecule is Brc1ccc(CCOCC2CC2)cc1. The molecule has 1 fully saturated rings. The molecule has 0 atom stereocenters. The van der Waals surface area contributed by atoms with Crippen LogP contribution in [0.4, 0.5) is 0 Å². The average Bonchev–Trinajstić information content (AvgIpc) is 2.99. The second kappa shape index (κ2) is 4.94. The predicted octanol–water partition coefficient (Wildman–Crippen LogP) is 3.42. The minimum atomic E-state index is 0.859. The van der Waals surface area contributed by atoms with E-state index < -0.39 is 0 Å². The van der Waals surface area contributed by atoms with Crippen molar-refractivity contribution in [2.75, 3.05) is 13.2 Å². The van der Waals surface area contributed by atoms with Gasteiger partial charge in [-0.2, -0.15) is 0 Å². The highest BCUT2D eigenvalue weighted by Crippen LogP contribution is 2.28. The van der Waals surface area contributed by atoms with E-state index in [0.29, 0.717) is 0 Å². The highest BCUT2D eigenvalue weighted by molar-refractivity contribution is 9.10. The van der Waals surface area contributed by atoms with Gasteiger partial charge in [0.25, 0.3) is 0 Å². The van der Waals surface area contributed by atoms with Crippen LogP contribution in [0.25, 0.3) is 0 Å². The summed E-state index contributed by atoms with van der Waals surface area (Å²) in [6.07, 6.45) is 3.77. The van der Waals surface area contributed by atoms with Crippen LogP contribution in [0.2, 0.25) is 0 Å². The molecule has 76 valence electrons. The Morgan fingerprint density at radius 1 is 1.21 bits per heavy atom. The molecule has 1 aromatic carbocycles. The standard InChI is InChI=1S/C12H15BrO/c13-12-5-3-10(4-6-12)7-8-14-9-11-1-2-11/h3-6,11H,1-2,7-9H2. The summed E-state index contributed by atoms with van der Waals surface area (Å²) >= 11 is 3.42. The lowest BCUT2D eigenvalue weighted by Crippen LogP contribution is -2.01. The third-order valence-electron chi connectivity index (χ3n) is 2.50. The lowest BCUT2D eigenvalue weighted by molar-refractivity contribution is 0.127. The fraction of sp³-hybridized carbons (Fsp3) is 0.500. The normalized spacial score (nSPS) is 15.8. The molecule has 2 heteroatoms. The molecule has 0 aromatic heterocycles. The van der Waals surface area contributed by atoms with E-state index in [1.165, 1.54) is 18.4 Å². The van der Waals surface area contributed by atoms with Gasteiger partial charge in [-0.25, -0.2) is 0 Å². The van der Waals surface area contributed by atoms with E-state index in [-0.39, 0.29) is 0 Å². The van der Waals surface area contributed by atoms with E-state index in [2.05, 4.69) is 40.2 Å². The average molecular weight is 255 g/mol. The fourth-order valence-corrected chi connectivity index (χ4v) is 1.64. The van der Waals surface area contributed by atoms with Crippen molar-refractivity contribution in [1.82, 2.24) is 0 Å². The molecule has 0 amide bonds. The minimum absolute atomic E-state index is 0.859. The van der Waals surface area contributed by atoms with E-state index in [1.807, 2.05) is 0 Å². The molecule has 1 aliphatic rings. The van der Waals surface area contributed by atoms with Crippen LogP contribution in [-0.4, -0.2) is 13.2 Å². The highest BCUT2D eigenvalue weighted by atomic mass is 79.9. The lowest BCUT2D eigenvalue weighted by atomic mass is 10.2. The summed E-state index contributed by atoms with van der Waals surface area (Å²) in [5.41, 5.74) is 1.35. The van der Waals surface area contributed by atoms with Crippen LogP contribution in [0.15, 0.2) is 28.7 Å². The number of benzene rings is 1. The zero-order valence-electron chi connectivity index (χ0n) is 8.21. The van der Waals surface area contributed by atoms with Gasteiger partial charge < -0.3 is 4.74 Å². The van der Waals surface area contributed by atoms with Crippen LogP contribution >= 0.6 is 15.9 Å². The Kier molecular flexibility index (Phi) is 3.60. The van der Waals surface area contributed by atoms with Crippen molar-refractivity contribution >= 4 is 15.9 Å². The lowest BCUT2D eigenvalue weighted by Gasteiger charge is -2.03. The second-order valence-corrected chi connectivity index (χ2v) is 4.81. The molecule has 0 bridgehead atoms. The van der Waals surface area contributed by atoms with Crippen LogP contribution in [0.5, 0.6) is 0 Å². The van der Waals surface area contributed by atoms with Gasteiger partial charge in [0.1, 0.15) is 0 Å². The number of hydrogen-bond acceptors (Lipinski definition) is 1. The molecule has 0 heterocycles. The van der Waals surface area contributed by atoms with Gasteiger partial charge in [0, 0.05) is 11.1 Å². The van der Waals surface area contributed by atoms with E-state index >= 15 is 0 Å². The van der Waals surface area contributed by atoms with Gasteiger partial charge in [0.05, 0.1) is 6.61 Å². The Bertz CT molecular complexity index is 277. The number of rotatable bonds is 5. The van der Waals surface area contributed by atoms with Crippen molar-refractivity contribution in [1.29, 1.82) is 0 Å². The highest BCUT2D eigenvalue weighted by Gasteiger charge is 2.20. The second-order valence-electron chi connectivity index (χ2n) is 3.89. The quantitative estimate of drug-likeness (QED) is 0.732. The summed E-state index contributed by atoms with van der Waals surface area (Å²) in [5, 5.41) is 0. The molecule has 1 aliphatic carbocycles. The summed E-state index contributed by atoms with van der Waals surface area (Å²) < 4.78 is 6.72. The molecule has 0 unspecified atom stereocenters. The number of hydrogen-bond donors (Lipinski definition) is 0. The van der Waals surface area contributed by atoms with Crippen LogP contribution in [0.1, 0.15) is 18.4 Å². The van der Waals surface area contributed by atoms with Crippen molar-refractivity contribution in [3.05, 3.63) is 34.3 Å². The van der Waals surface area contributed by atoms with Crippen molar-refractivity contribution < 1.29 is 4.74 Å². The molecule has 1 saturated carbocycles.